The molecule has 1 aliphatic heterocycles. The van der Waals surface area contributed by atoms with E-state index in [2.05, 4.69) is 10.2 Å². The Morgan fingerprint density at radius 2 is 2.19 bits per heavy atom. The number of carboxylic acids is 2. The molecule has 1 rings (SSSR count). The van der Waals surface area contributed by atoms with Gasteiger partial charge in [0.05, 0.1) is 6.42 Å². The Kier molecular flexibility index (Phi) is 4.70. The third-order valence-electron chi connectivity index (χ3n) is 2.82. The van der Waals surface area contributed by atoms with Crippen LogP contribution in [0.5, 0.6) is 0 Å². The second-order valence-corrected chi connectivity index (χ2v) is 4.31. The number of carbonyl (C=O) groups is 2. The fourth-order valence-electron chi connectivity index (χ4n) is 1.92. The number of aliphatic carboxylic acids is 2. The van der Waals surface area contributed by atoms with Crippen molar-refractivity contribution in [2.75, 3.05) is 26.7 Å². The number of nitrogens with one attached hydrogen (secondary N) is 1. The van der Waals surface area contributed by atoms with E-state index >= 15 is 0 Å². The Bertz CT molecular complexity index is 270. The van der Waals surface area contributed by atoms with E-state index in [9.17, 15) is 9.59 Å². The lowest BCUT2D eigenvalue weighted by molar-refractivity contribution is -0.146. The van der Waals surface area contributed by atoms with E-state index in [0.29, 0.717) is 12.5 Å². The first kappa shape index (κ1) is 12.9. The van der Waals surface area contributed by atoms with Crippen molar-refractivity contribution in [3.63, 3.8) is 0 Å². The van der Waals surface area contributed by atoms with Crippen molar-refractivity contribution in [2.24, 2.45) is 5.92 Å². The number of likely N-dealkylation sites (tertiary alicyclic amines) is 1. The molecule has 0 radical (unpaired) electrons. The Morgan fingerprint density at radius 1 is 1.50 bits per heavy atom. The van der Waals surface area contributed by atoms with Crippen molar-refractivity contribution < 1.29 is 19.8 Å². The van der Waals surface area contributed by atoms with E-state index in [4.69, 9.17) is 10.2 Å². The summed E-state index contributed by atoms with van der Waals surface area (Å²) in [5, 5.41) is 20.2. The molecule has 0 bridgehead atoms. The summed E-state index contributed by atoms with van der Waals surface area (Å²) in [6.07, 6.45) is 0.654. The fraction of sp³-hybridized carbons (Fsp3) is 0.800. The summed E-state index contributed by atoms with van der Waals surface area (Å²) in [5.74, 6) is -1.78. The molecule has 1 saturated heterocycles. The molecule has 1 aliphatic rings. The summed E-state index contributed by atoms with van der Waals surface area (Å²) >= 11 is 0. The van der Waals surface area contributed by atoms with E-state index in [-0.39, 0.29) is 6.42 Å². The SMILES string of the molecule is CN1CCC(CNC(CC(=O)O)C(=O)O)C1. The largest absolute Gasteiger partial charge is 0.481 e. The molecule has 1 fully saturated rings. The minimum absolute atomic E-state index is 0.377. The summed E-state index contributed by atoms with van der Waals surface area (Å²) in [7, 11) is 2.02. The molecule has 2 atom stereocenters. The first-order valence-electron chi connectivity index (χ1n) is 5.35. The molecule has 2 unspecified atom stereocenters. The molecular weight excluding hydrogens is 212 g/mol. The smallest absolute Gasteiger partial charge is 0.321 e. The van der Waals surface area contributed by atoms with Gasteiger partial charge in [-0.2, -0.15) is 0 Å². The summed E-state index contributed by atoms with van der Waals surface area (Å²) in [5.41, 5.74) is 0. The van der Waals surface area contributed by atoms with E-state index in [1.54, 1.807) is 0 Å². The molecule has 0 aromatic heterocycles. The normalized spacial score (nSPS) is 23.2. The van der Waals surface area contributed by atoms with Crippen molar-refractivity contribution in [3.8, 4) is 0 Å². The summed E-state index contributed by atoms with van der Waals surface area (Å²) < 4.78 is 0. The molecule has 6 nitrogen and oxygen atoms in total. The average Bonchev–Trinajstić information content (AvgIpc) is 2.58. The second-order valence-electron chi connectivity index (χ2n) is 4.31. The van der Waals surface area contributed by atoms with Crippen LogP contribution in [-0.4, -0.2) is 59.8 Å². The van der Waals surface area contributed by atoms with Gasteiger partial charge in [-0.15, -0.1) is 0 Å². The number of hydrogen-bond acceptors (Lipinski definition) is 4. The van der Waals surface area contributed by atoms with Gasteiger partial charge in [-0.1, -0.05) is 0 Å². The maximum atomic E-state index is 10.8. The standard InChI is InChI=1S/C10H18N2O4/c1-12-3-2-7(6-12)5-11-8(10(15)16)4-9(13)14/h7-8,11H,2-6H2,1H3,(H,13,14)(H,15,16). The Morgan fingerprint density at radius 3 is 2.62 bits per heavy atom. The van der Waals surface area contributed by atoms with Crippen molar-refractivity contribution in [2.45, 2.75) is 18.9 Å². The topological polar surface area (TPSA) is 89.9 Å². The van der Waals surface area contributed by atoms with Crippen molar-refractivity contribution >= 4 is 11.9 Å². The quantitative estimate of drug-likeness (QED) is 0.567. The lowest BCUT2D eigenvalue weighted by atomic mass is 10.1. The lowest BCUT2D eigenvalue weighted by Gasteiger charge is -2.16. The Labute approximate surface area is 94.2 Å². The van der Waals surface area contributed by atoms with Crippen molar-refractivity contribution in [1.29, 1.82) is 0 Å². The minimum Gasteiger partial charge on any atom is -0.481 e. The van der Waals surface area contributed by atoms with Crippen molar-refractivity contribution in [3.05, 3.63) is 0 Å². The average molecular weight is 230 g/mol. The Hall–Kier alpha value is -1.14. The maximum absolute atomic E-state index is 10.8. The van der Waals surface area contributed by atoms with Gasteiger partial charge in [-0.25, -0.2) is 0 Å². The molecule has 3 N–H and O–H groups in total. The molecule has 0 amide bonds. The van der Waals surface area contributed by atoms with Gasteiger partial charge in [0.1, 0.15) is 6.04 Å². The highest BCUT2D eigenvalue weighted by Gasteiger charge is 2.24. The highest BCUT2D eigenvalue weighted by Crippen LogP contribution is 2.13. The van der Waals surface area contributed by atoms with Crippen LogP contribution in [-0.2, 0) is 9.59 Å². The van der Waals surface area contributed by atoms with E-state index in [0.717, 1.165) is 19.5 Å². The predicted molar refractivity (Wildman–Crippen MR) is 57.3 cm³/mol. The van der Waals surface area contributed by atoms with Gasteiger partial charge in [-0.05, 0) is 25.9 Å². The van der Waals surface area contributed by atoms with Gasteiger partial charge in [0.2, 0.25) is 0 Å². The summed E-state index contributed by atoms with van der Waals surface area (Å²) in [4.78, 5) is 23.4. The monoisotopic (exact) mass is 230 g/mol. The Balaban J connectivity index is 2.32. The zero-order valence-electron chi connectivity index (χ0n) is 9.35. The number of rotatable bonds is 6. The predicted octanol–water partition coefficient (Wildman–Crippen LogP) is -0.544. The van der Waals surface area contributed by atoms with Gasteiger partial charge in [0, 0.05) is 13.1 Å². The van der Waals surface area contributed by atoms with Crippen LogP contribution in [0.3, 0.4) is 0 Å². The first-order chi connectivity index (χ1) is 7.49. The third-order valence-corrected chi connectivity index (χ3v) is 2.82. The molecule has 0 aromatic rings. The van der Waals surface area contributed by atoms with Crippen LogP contribution in [0.2, 0.25) is 0 Å². The highest BCUT2D eigenvalue weighted by atomic mass is 16.4. The molecular formula is C10H18N2O4. The summed E-state index contributed by atoms with van der Waals surface area (Å²) in [6.45, 7) is 2.52. The molecule has 0 aliphatic carbocycles. The van der Waals surface area contributed by atoms with E-state index < -0.39 is 18.0 Å². The first-order valence-corrected chi connectivity index (χ1v) is 5.35. The zero-order chi connectivity index (χ0) is 12.1. The van der Waals surface area contributed by atoms with Crippen LogP contribution in [0.25, 0.3) is 0 Å². The molecule has 0 aromatic carbocycles. The van der Waals surface area contributed by atoms with Crippen LogP contribution in [0, 0.1) is 5.92 Å². The van der Waals surface area contributed by atoms with E-state index in [1.165, 1.54) is 0 Å². The van der Waals surface area contributed by atoms with Gasteiger partial charge < -0.3 is 20.4 Å². The van der Waals surface area contributed by atoms with Crippen molar-refractivity contribution in [1.82, 2.24) is 10.2 Å². The summed E-state index contributed by atoms with van der Waals surface area (Å²) in [6, 6.07) is -0.983. The number of nitrogens with zero attached hydrogens (tertiary/aromatic N) is 1. The maximum Gasteiger partial charge on any atom is 0.321 e. The molecule has 16 heavy (non-hydrogen) atoms. The highest BCUT2D eigenvalue weighted by molar-refractivity contribution is 5.80. The zero-order valence-corrected chi connectivity index (χ0v) is 9.35. The van der Waals surface area contributed by atoms with Crippen LogP contribution in [0.15, 0.2) is 0 Å². The second kappa shape index (κ2) is 5.81. The van der Waals surface area contributed by atoms with Gasteiger partial charge in [0.15, 0.2) is 0 Å². The van der Waals surface area contributed by atoms with Crippen LogP contribution < -0.4 is 5.32 Å². The lowest BCUT2D eigenvalue weighted by Crippen LogP contribution is -2.41. The van der Waals surface area contributed by atoms with Gasteiger partial charge in [0.25, 0.3) is 0 Å². The molecule has 0 saturated carbocycles. The third kappa shape index (κ3) is 4.16. The van der Waals surface area contributed by atoms with Crippen LogP contribution in [0.1, 0.15) is 12.8 Å². The number of carboxylic acid groups (broad SMARTS) is 2. The molecule has 92 valence electrons. The molecule has 1 heterocycles. The van der Waals surface area contributed by atoms with Crippen LogP contribution >= 0.6 is 0 Å². The van der Waals surface area contributed by atoms with E-state index in [1.807, 2.05) is 7.05 Å². The minimum atomic E-state index is -1.10. The molecule has 6 heteroatoms. The van der Waals surface area contributed by atoms with Gasteiger partial charge >= 0.3 is 11.9 Å². The number of hydrogen-bond donors (Lipinski definition) is 3. The van der Waals surface area contributed by atoms with Gasteiger partial charge in [-0.3, -0.25) is 9.59 Å². The van der Waals surface area contributed by atoms with Crippen LogP contribution in [0.4, 0.5) is 0 Å². The molecule has 0 spiro atoms. The fourth-order valence-corrected chi connectivity index (χ4v) is 1.92.